The standard InChI is InChI=1S/C16H32N4S/c1-14(2)19-15(17-3)18-13-16(7-5-4-6-8-16)20-9-11-21-12-10-20/h14H,4-13H2,1-3H3,(H2,17,18,19). The molecule has 1 aliphatic heterocycles. The largest absolute Gasteiger partial charge is 0.355 e. The molecule has 2 fully saturated rings. The summed E-state index contributed by atoms with van der Waals surface area (Å²) in [6, 6.07) is 0.421. The normalized spacial score (nSPS) is 24.1. The lowest BCUT2D eigenvalue weighted by Crippen LogP contribution is -2.60. The van der Waals surface area contributed by atoms with E-state index in [4.69, 9.17) is 0 Å². The van der Waals surface area contributed by atoms with E-state index >= 15 is 0 Å². The van der Waals surface area contributed by atoms with E-state index < -0.39 is 0 Å². The highest BCUT2D eigenvalue weighted by Gasteiger charge is 2.38. The average Bonchev–Trinajstić information content (AvgIpc) is 2.53. The molecule has 4 nitrogen and oxygen atoms in total. The summed E-state index contributed by atoms with van der Waals surface area (Å²) in [5.41, 5.74) is 0.355. The Morgan fingerprint density at radius 1 is 1.19 bits per heavy atom. The molecule has 2 aliphatic rings. The van der Waals surface area contributed by atoms with Crippen LogP contribution < -0.4 is 10.6 Å². The van der Waals surface area contributed by atoms with Crippen molar-refractivity contribution in [2.45, 2.75) is 57.5 Å². The molecular weight excluding hydrogens is 280 g/mol. The highest BCUT2D eigenvalue weighted by atomic mass is 32.2. The molecule has 0 aromatic rings. The fourth-order valence-corrected chi connectivity index (χ4v) is 4.47. The van der Waals surface area contributed by atoms with Crippen LogP contribution in [0.5, 0.6) is 0 Å². The van der Waals surface area contributed by atoms with Crippen LogP contribution in [0.4, 0.5) is 0 Å². The van der Waals surface area contributed by atoms with Crippen LogP contribution in [0.2, 0.25) is 0 Å². The number of nitrogens with zero attached hydrogens (tertiary/aromatic N) is 2. The van der Waals surface area contributed by atoms with E-state index in [1.54, 1.807) is 0 Å². The van der Waals surface area contributed by atoms with Gasteiger partial charge in [0.05, 0.1) is 0 Å². The number of thioether (sulfide) groups is 1. The van der Waals surface area contributed by atoms with Crippen molar-refractivity contribution < 1.29 is 0 Å². The molecule has 0 aromatic heterocycles. The second kappa shape index (κ2) is 8.28. The summed E-state index contributed by atoms with van der Waals surface area (Å²) in [6.07, 6.45) is 6.83. The van der Waals surface area contributed by atoms with Gasteiger partial charge in [-0.1, -0.05) is 19.3 Å². The van der Waals surface area contributed by atoms with Crippen LogP contribution >= 0.6 is 11.8 Å². The molecule has 0 radical (unpaired) electrons. The fraction of sp³-hybridized carbons (Fsp3) is 0.938. The molecule has 1 heterocycles. The van der Waals surface area contributed by atoms with Gasteiger partial charge in [0.1, 0.15) is 0 Å². The maximum absolute atomic E-state index is 4.36. The summed E-state index contributed by atoms with van der Waals surface area (Å²) in [5.74, 6) is 3.53. The molecule has 0 atom stereocenters. The first kappa shape index (κ1) is 16.9. The zero-order valence-corrected chi connectivity index (χ0v) is 14.8. The van der Waals surface area contributed by atoms with E-state index in [0.717, 1.165) is 12.5 Å². The van der Waals surface area contributed by atoms with Gasteiger partial charge in [0.15, 0.2) is 5.96 Å². The lowest BCUT2D eigenvalue weighted by Gasteiger charge is -2.48. The summed E-state index contributed by atoms with van der Waals surface area (Å²) >= 11 is 2.10. The Morgan fingerprint density at radius 2 is 1.86 bits per heavy atom. The minimum atomic E-state index is 0.355. The van der Waals surface area contributed by atoms with Crippen molar-refractivity contribution in [2.24, 2.45) is 4.99 Å². The van der Waals surface area contributed by atoms with Crippen LogP contribution in [0.1, 0.15) is 46.0 Å². The molecule has 1 saturated heterocycles. The van der Waals surface area contributed by atoms with Gasteiger partial charge in [0.25, 0.3) is 0 Å². The maximum Gasteiger partial charge on any atom is 0.191 e. The van der Waals surface area contributed by atoms with Crippen molar-refractivity contribution in [3.8, 4) is 0 Å². The molecule has 21 heavy (non-hydrogen) atoms. The van der Waals surface area contributed by atoms with Crippen LogP contribution in [0.25, 0.3) is 0 Å². The smallest absolute Gasteiger partial charge is 0.191 e. The molecule has 2 N–H and O–H groups in total. The third kappa shape index (κ3) is 4.78. The maximum atomic E-state index is 4.36. The lowest BCUT2D eigenvalue weighted by molar-refractivity contribution is 0.0625. The molecule has 2 rings (SSSR count). The fourth-order valence-electron chi connectivity index (χ4n) is 3.57. The Hall–Kier alpha value is -0.420. The van der Waals surface area contributed by atoms with Gasteiger partial charge in [-0.3, -0.25) is 9.89 Å². The van der Waals surface area contributed by atoms with Gasteiger partial charge in [0, 0.05) is 49.8 Å². The third-order valence-electron chi connectivity index (χ3n) is 4.70. The molecular formula is C16H32N4S. The molecule has 5 heteroatoms. The van der Waals surface area contributed by atoms with Crippen molar-refractivity contribution in [3.63, 3.8) is 0 Å². The first-order chi connectivity index (χ1) is 10.2. The number of guanidine groups is 1. The van der Waals surface area contributed by atoms with Crippen molar-refractivity contribution >= 4 is 17.7 Å². The Labute approximate surface area is 134 Å². The zero-order chi connectivity index (χ0) is 15.1. The molecule has 1 aliphatic carbocycles. The number of nitrogens with one attached hydrogen (secondary N) is 2. The topological polar surface area (TPSA) is 39.7 Å². The monoisotopic (exact) mass is 312 g/mol. The first-order valence-corrected chi connectivity index (χ1v) is 9.62. The molecule has 0 spiro atoms. The van der Waals surface area contributed by atoms with Gasteiger partial charge in [-0.15, -0.1) is 0 Å². The van der Waals surface area contributed by atoms with Crippen LogP contribution in [-0.4, -0.2) is 60.6 Å². The second-order valence-corrected chi connectivity index (χ2v) is 7.83. The van der Waals surface area contributed by atoms with Crippen molar-refractivity contribution in [2.75, 3.05) is 38.2 Å². The number of rotatable bonds is 4. The Balaban J connectivity index is 1.98. The van der Waals surface area contributed by atoms with Gasteiger partial charge >= 0.3 is 0 Å². The predicted molar refractivity (Wildman–Crippen MR) is 94.3 cm³/mol. The van der Waals surface area contributed by atoms with E-state index in [9.17, 15) is 0 Å². The van der Waals surface area contributed by atoms with Crippen molar-refractivity contribution in [1.29, 1.82) is 0 Å². The van der Waals surface area contributed by atoms with Crippen molar-refractivity contribution in [1.82, 2.24) is 15.5 Å². The van der Waals surface area contributed by atoms with Gasteiger partial charge in [-0.2, -0.15) is 11.8 Å². The molecule has 0 unspecified atom stereocenters. The average molecular weight is 313 g/mol. The van der Waals surface area contributed by atoms with Gasteiger partial charge in [-0.25, -0.2) is 0 Å². The van der Waals surface area contributed by atoms with Crippen LogP contribution in [-0.2, 0) is 0 Å². The highest BCUT2D eigenvalue weighted by Crippen LogP contribution is 2.34. The van der Waals surface area contributed by atoms with E-state index in [1.807, 2.05) is 7.05 Å². The summed E-state index contributed by atoms with van der Waals surface area (Å²) in [7, 11) is 1.86. The van der Waals surface area contributed by atoms with Gasteiger partial charge in [-0.05, 0) is 26.7 Å². The summed E-state index contributed by atoms with van der Waals surface area (Å²) in [6.45, 7) is 7.85. The van der Waals surface area contributed by atoms with E-state index in [-0.39, 0.29) is 0 Å². The predicted octanol–water partition coefficient (Wildman–Crippen LogP) is 2.31. The minimum absolute atomic E-state index is 0.355. The molecule has 122 valence electrons. The highest BCUT2D eigenvalue weighted by molar-refractivity contribution is 7.99. The first-order valence-electron chi connectivity index (χ1n) is 8.46. The molecule has 0 bridgehead atoms. The minimum Gasteiger partial charge on any atom is -0.355 e. The lowest BCUT2D eigenvalue weighted by atomic mass is 9.80. The molecule has 0 amide bonds. The number of hydrogen-bond donors (Lipinski definition) is 2. The number of hydrogen-bond acceptors (Lipinski definition) is 3. The molecule has 1 saturated carbocycles. The Bertz CT molecular complexity index is 331. The van der Waals surface area contributed by atoms with Gasteiger partial charge in [0.2, 0.25) is 0 Å². The Morgan fingerprint density at radius 3 is 2.43 bits per heavy atom. The zero-order valence-electron chi connectivity index (χ0n) is 14.0. The quantitative estimate of drug-likeness (QED) is 0.617. The summed E-state index contributed by atoms with van der Waals surface area (Å²) in [4.78, 5) is 7.12. The van der Waals surface area contributed by atoms with Gasteiger partial charge < -0.3 is 10.6 Å². The van der Waals surface area contributed by atoms with E-state index in [1.165, 1.54) is 56.7 Å². The number of aliphatic imine (C=N–C) groups is 1. The van der Waals surface area contributed by atoms with Crippen LogP contribution in [0.3, 0.4) is 0 Å². The van der Waals surface area contributed by atoms with Crippen LogP contribution in [0, 0.1) is 0 Å². The summed E-state index contributed by atoms with van der Waals surface area (Å²) in [5, 5.41) is 7.00. The SMILES string of the molecule is CN=C(NCC1(N2CCSCC2)CCCCC1)NC(C)C. The molecule has 0 aromatic carbocycles. The third-order valence-corrected chi connectivity index (χ3v) is 5.64. The van der Waals surface area contributed by atoms with Crippen molar-refractivity contribution in [3.05, 3.63) is 0 Å². The van der Waals surface area contributed by atoms with Crippen LogP contribution in [0.15, 0.2) is 4.99 Å². The second-order valence-electron chi connectivity index (χ2n) is 6.61. The van der Waals surface area contributed by atoms with E-state index in [0.29, 0.717) is 11.6 Å². The van der Waals surface area contributed by atoms with E-state index in [2.05, 4.69) is 46.1 Å². The Kier molecular flexibility index (Phi) is 6.68. The summed E-state index contributed by atoms with van der Waals surface area (Å²) < 4.78 is 0.